The normalized spacial score (nSPS) is 12.9. The Bertz CT molecular complexity index is 304. The molecule has 0 bridgehead atoms. The molecule has 1 aromatic rings. The molecule has 0 heterocycles. The van der Waals surface area contributed by atoms with E-state index in [1.807, 2.05) is 19.9 Å². The average Bonchev–Trinajstić information content (AvgIpc) is 2.17. The maximum atomic E-state index is 12.0. The number of alkyl halides is 2. The van der Waals surface area contributed by atoms with Crippen LogP contribution in [0.25, 0.3) is 0 Å². The molecule has 0 aliphatic rings. The van der Waals surface area contributed by atoms with Crippen LogP contribution in [0.4, 0.5) is 8.78 Å². The first-order valence-electron chi connectivity index (χ1n) is 4.91. The number of nitrogens with one attached hydrogen (secondary N) is 1. The van der Waals surface area contributed by atoms with Crippen molar-refractivity contribution in [2.24, 2.45) is 0 Å². The summed E-state index contributed by atoms with van der Waals surface area (Å²) in [5.74, 6) is 0.201. The molecule has 0 saturated carbocycles. The zero-order valence-electron chi connectivity index (χ0n) is 8.84. The minimum atomic E-state index is -2.77. The molecular formula is C11H15F2NO. The van der Waals surface area contributed by atoms with Crippen molar-refractivity contribution < 1.29 is 13.5 Å². The van der Waals surface area contributed by atoms with Gasteiger partial charge in [0.15, 0.2) is 0 Å². The van der Waals surface area contributed by atoms with Crippen molar-refractivity contribution in [1.29, 1.82) is 0 Å². The van der Waals surface area contributed by atoms with Gasteiger partial charge in [0, 0.05) is 6.04 Å². The zero-order valence-corrected chi connectivity index (χ0v) is 8.84. The van der Waals surface area contributed by atoms with Gasteiger partial charge in [-0.1, -0.05) is 19.1 Å². The van der Waals surface area contributed by atoms with Gasteiger partial charge in [-0.25, -0.2) is 0 Å². The van der Waals surface area contributed by atoms with E-state index in [1.54, 1.807) is 12.1 Å². The number of ether oxygens (including phenoxy) is 1. The van der Waals surface area contributed by atoms with Crippen molar-refractivity contribution in [3.63, 3.8) is 0 Å². The van der Waals surface area contributed by atoms with Gasteiger partial charge in [-0.2, -0.15) is 8.78 Å². The van der Waals surface area contributed by atoms with Crippen molar-refractivity contribution >= 4 is 0 Å². The fraction of sp³-hybridized carbons (Fsp3) is 0.455. The van der Waals surface area contributed by atoms with Crippen LogP contribution in [0.2, 0.25) is 0 Å². The fourth-order valence-corrected chi connectivity index (χ4v) is 1.38. The molecule has 0 fully saturated rings. The van der Waals surface area contributed by atoms with Crippen LogP contribution in [0.15, 0.2) is 24.3 Å². The Balaban J connectivity index is 2.73. The van der Waals surface area contributed by atoms with Crippen LogP contribution in [-0.2, 0) is 0 Å². The Labute approximate surface area is 88.3 Å². The van der Waals surface area contributed by atoms with Crippen molar-refractivity contribution in [3.8, 4) is 5.75 Å². The van der Waals surface area contributed by atoms with Gasteiger partial charge in [-0.15, -0.1) is 0 Å². The summed E-state index contributed by atoms with van der Waals surface area (Å²) in [4.78, 5) is 0. The Morgan fingerprint density at radius 3 is 2.73 bits per heavy atom. The maximum absolute atomic E-state index is 12.0. The molecule has 1 N–H and O–H groups in total. The summed E-state index contributed by atoms with van der Waals surface area (Å²) in [6.45, 7) is 2.04. The third kappa shape index (κ3) is 3.83. The third-order valence-electron chi connectivity index (χ3n) is 2.09. The quantitative estimate of drug-likeness (QED) is 0.815. The summed E-state index contributed by atoms with van der Waals surface area (Å²) in [7, 11) is 0. The van der Waals surface area contributed by atoms with E-state index in [1.165, 1.54) is 6.07 Å². The highest BCUT2D eigenvalue weighted by atomic mass is 19.3. The van der Waals surface area contributed by atoms with Gasteiger partial charge in [0.2, 0.25) is 0 Å². The second kappa shape index (κ2) is 5.66. The maximum Gasteiger partial charge on any atom is 0.387 e. The summed E-state index contributed by atoms with van der Waals surface area (Å²) in [6.07, 6.45) is 0. The van der Waals surface area contributed by atoms with Gasteiger partial charge < -0.3 is 10.1 Å². The number of benzene rings is 1. The molecule has 1 atom stereocenters. The fourth-order valence-electron chi connectivity index (χ4n) is 1.38. The molecule has 0 saturated heterocycles. The minimum Gasteiger partial charge on any atom is -0.435 e. The molecule has 1 aromatic carbocycles. The molecule has 0 aliphatic carbocycles. The average molecular weight is 215 g/mol. The van der Waals surface area contributed by atoms with E-state index in [-0.39, 0.29) is 11.8 Å². The van der Waals surface area contributed by atoms with E-state index in [2.05, 4.69) is 10.1 Å². The summed E-state index contributed by atoms with van der Waals surface area (Å²) in [5, 5.41) is 3.20. The number of halogens is 2. The number of hydrogen-bond acceptors (Lipinski definition) is 2. The topological polar surface area (TPSA) is 21.3 Å². The molecule has 0 aromatic heterocycles. The van der Waals surface area contributed by atoms with Crippen molar-refractivity contribution in [2.45, 2.75) is 26.5 Å². The van der Waals surface area contributed by atoms with E-state index in [0.717, 1.165) is 12.1 Å². The van der Waals surface area contributed by atoms with Crippen molar-refractivity contribution in [1.82, 2.24) is 5.32 Å². The zero-order chi connectivity index (χ0) is 11.3. The van der Waals surface area contributed by atoms with Crippen LogP contribution in [0.5, 0.6) is 5.75 Å². The summed E-state index contributed by atoms with van der Waals surface area (Å²) < 4.78 is 28.2. The van der Waals surface area contributed by atoms with Crippen LogP contribution < -0.4 is 10.1 Å². The molecule has 84 valence electrons. The molecule has 4 heteroatoms. The standard InChI is InChI=1S/C11H15F2NO/c1-3-14-8(2)9-5-4-6-10(7-9)15-11(12)13/h4-8,11,14H,3H2,1-2H3/t8-/m0/s1. The van der Waals surface area contributed by atoms with E-state index < -0.39 is 6.61 Å². The summed E-state index contributed by atoms with van der Waals surface area (Å²) >= 11 is 0. The van der Waals surface area contributed by atoms with Crippen molar-refractivity contribution in [3.05, 3.63) is 29.8 Å². The Kier molecular flexibility index (Phi) is 4.49. The smallest absolute Gasteiger partial charge is 0.387 e. The van der Waals surface area contributed by atoms with Crippen LogP contribution in [0.1, 0.15) is 25.5 Å². The van der Waals surface area contributed by atoms with Gasteiger partial charge in [-0.05, 0) is 31.2 Å². The van der Waals surface area contributed by atoms with E-state index in [4.69, 9.17) is 0 Å². The number of hydrogen-bond donors (Lipinski definition) is 1. The summed E-state index contributed by atoms with van der Waals surface area (Å²) in [6, 6.07) is 6.87. The highest BCUT2D eigenvalue weighted by molar-refractivity contribution is 5.30. The van der Waals surface area contributed by atoms with Gasteiger partial charge in [0.05, 0.1) is 0 Å². The van der Waals surface area contributed by atoms with Crippen LogP contribution >= 0.6 is 0 Å². The lowest BCUT2D eigenvalue weighted by atomic mass is 10.1. The Morgan fingerprint density at radius 2 is 2.13 bits per heavy atom. The summed E-state index contributed by atoms with van der Waals surface area (Å²) in [5.41, 5.74) is 0.940. The van der Waals surface area contributed by atoms with Crippen LogP contribution in [0, 0.1) is 0 Å². The van der Waals surface area contributed by atoms with Gasteiger partial charge in [0.1, 0.15) is 5.75 Å². The van der Waals surface area contributed by atoms with Gasteiger partial charge in [0.25, 0.3) is 0 Å². The SMILES string of the molecule is CCN[C@@H](C)c1cccc(OC(F)F)c1. The molecule has 1 rings (SSSR count). The molecule has 0 radical (unpaired) electrons. The Hall–Kier alpha value is -1.16. The second-order valence-electron chi connectivity index (χ2n) is 3.23. The second-order valence-corrected chi connectivity index (χ2v) is 3.23. The lowest BCUT2D eigenvalue weighted by Crippen LogP contribution is -2.17. The van der Waals surface area contributed by atoms with E-state index >= 15 is 0 Å². The third-order valence-corrected chi connectivity index (χ3v) is 2.09. The molecule has 0 amide bonds. The lowest BCUT2D eigenvalue weighted by molar-refractivity contribution is -0.0499. The predicted molar refractivity (Wildman–Crippen MR) is 55.2 cm³/mol. The van der Waals surface area contributed by atoms with E-state index in [9.17, 15) is 8.78 Å². The number of rotatable bonds is 5. The first kappa shape index (κ1) is 11.9. The van der Waals surface area contributed by atoms with Crippen LogP contribution in [0.3, 0.4) is 0 Å². The monoisotopic (exact) mass is 215 g/mol. The van der Waals surface area contributed by atoms with Crippen LogP contribution in [-0.4, -0.2) is 13.2 Å². The highest BCUT2D eigenvalue weighted by Crippen LogP contribution is 2.20. The first-order chi connectivity index (χ1) is 7.13. The molecule has 0 aliphatic heterocycles. The minimum absolute atomic E-state index is 0.135. The van der Waals surface area contributed by atoms with Crippen molar-refractivity contribution in [2.75, 3.05) is 6.54 Å². The molecule has 0 unspecified atom stereocenters. The molecule has 15 heavy (non-hydrogen) atoms. The lowest BCUT2D eigenvalue weighted by Gasteiger charge is -2.13. The van der Waals surface area contributed by atoms with Gasteiger partial charge in [-0.3, -0.25) is 0 Å². The molecule has 2 nitrogen and oxygen atoms in total. The predicted octanol–water partition coefficient (Wildman–Crippen LogP) is 2.96. The largest absolute Gasteiger partial charge is 0.435 e. The molecular weight excluding hydrogens is 200 g/mol. The molecule has 0 spiro atoms. The first-order valence-corrected chi connectivity index (χ1v) is 4.91. The Morgan fingerprint density at radius 1 is 1.40 bits per heavy atom. The van der Waals surface area contributed by atoms with E-state index in [0.29, 0.717) is 0 Å². The van der Waals surface area contributed by atoms with Gasteiger partial charge >= 0.3 is 6.61 Å². The highest BCUT2D eigenvalue weighted by Gasteiger charge is 2.07.